The lowest BCUT2D eigenvalue weighted by molar-refractivity contribution is -0.147. The van der Waals surface area contributed by atoms with Crippen LogP contribution in [0.25, 0.3) is 0 Å². The van der Waals surface area contributed by atoms with Gasteiger partial charge in [0.05, 0.1) is 19.6 Å². The number of hydrogen-bond acceptors (Lipinski definition) is 4. The molecule has 1 unspecified atom stereocenters. The number of nitrogens with one attached hydrogen (secondary N) is 1. The predicted octanol–water partition coefficient (Wildman–Crippen LogP) is 0.463. The predicted molar refractivity (Wildman–Crippen MR) is 62.2 cm³/mol. The van der Waals surface area contributed by atoms with Gasteiger partial charge in [-0.3, -0.25) is 9.59 Å². The molecule has 0 aliphatic heterocycles. The fraction of sp³-hybridized carbons (Fsp3) is 0.833. The Hall–Kier alpha value is -1.10. The Kier molecular flexibility index (Phi) is 5.41. The molecule has 1 aliphatic rings. The number of carbonyl (C=O) groups is 2. The van der Waals surface area contributed by atoms with Crippen LogP contribution in [0.4, 0.5) is 0 Å². The van der Waals surface area contributed by atoms with Crippen LogP contribution in [-0.4, -0.2) is 36.7 Å². The zero-order valence-electron chi connectivity index (χ0n) is 10.4. The molecule has 0 spiro atoms. The molecule has 0 saturated heterocycles. The lowest BCUT2D eigenvalue weighted by Gasteiger charge is -2.26. The summed E-state index contributed by atoms with van der Waals surface area (Å²) in [7, 11) is 1.39. The van der Waals surface area contributed by atoms with Gasteiger partial charge >= 0.3 is 5.97 Å². The van der Waals surface area contributed by atoms with E-state index in [1.165, 1.54) is 7.11 Å². The molecule has 1 fully saturated rings. The Morgan fingerprint density at radius 1 is 1.29 bits per heavy atom. The molecule has 1 saturated carbocycles. The number of aliphatic hydroxyl groups excluding tert-OH is 1. The van der Waals surface area contributed by atoms with Crippen molar-refractivity contribution in [3.63, 3.8) is 0 Å². The van der Waals surface area contributed by atoms with Crippen molar-refractivity contribution in [2.75, 3.05) is 13.7 Å². The third-order valence-electron chi connectivity index (χ3n) is 3.30. The van der Waals surface area contributed by atoms with Crippen LogP contribution in [0.2, 0.25) is 0 Å². The van der Waals surface area contributed by atoms with E-state index in [0.717, 1.165) is 0 Å². The number of methoxy groups -OCH3 is 1. The molecule has 0 aromatic carbocycles. The summed E-state index contributed by atoms with van der Waals surface area (Å²) in [4.78, 5) is 23.1. The third-order valence-corrected chi connectivity index (χ3v) is 3.30. The number of carbonyl (C=O) groups excluding carboxylic acids is 2. The van der Waals surface area contributed by atoms with E-state index in [0.29, 0.717) is 25.7 Å². The molecule has 0 heterocycles. The Labute approximate surface area is 102 Å². The van der Waals surface area contributed by atoms with Gasteiger partial charge in [0.1, 0.15) is 0 Å². The molecule has 0 bridgehead atoms. The van der Waals surface area contributed by atoms with Crippen molar-refractivity contribution in [2.45, 2.75) is 38.6 Å². The number of amides is 1. The minimum absolute atomic E-state index is 0.0186. The molecular weight excluding hydrogens is 222 g/mol. The highest BCUT2D eigenvalue weighted by atomic mass is 16.5. The van der Waals surface area contributed by atoms with Crippen LogP contribution in [0.5, 0.6) is 0 Å². The maximum atomic E-state index is 11.8. The van der Waals surface area contributed by atoms with Crippen LogP contribution in [0.1, 0.15) is 32.6 Å². The Morgan fingerprint density at radius 2 is 1.82 bits per heavy atom. The van der Waals surface area contributed by atoms with E-state index in [9.17, 15) is 9.59 Å². The summed E-state index contributed by atoms with van der Waals surface area (Å²) in [5.74, 6) is -0.285. The van der Waals surface area contributed by atoms with Gasteiger partial charge in [0.2, 0.25) is 5.91 Å². The summed E-state index contributed by atoms with van der Waals surface area (Å²) < 4.78 is 4.69. The maximum Gasteiger partial charge on any atom is 0.308 e. The van der Waals surface area contributed by atoms with Crippen LogP contribution in [0, 0.1) is 11.8 Å². The van der Waals surface area contributed by atoms with Gasteiger partial charge in [0.15, 0.2) is 0 Å². The largest absolute Gasteiger partial charge is 0.469 e. The summed E-state index contributed by atoms with van der Waals surface area (Å²) in [6, 6.07) is -0.208. The first-order valence-corrected chi connectivity index (χ1v) is 6.07. The van der Waals surface area contributed by atoms with Crippen molar-refractivity contribution in [1.29, 1.82) is 0 Å². The van der Waals surface area contributed by atoms with Crippen molar-refractivity contribution in [2.24, 2.45) is 11.8 Å². The molecular formula is C12H21NO4. The number of rotatable bonds is 4. The first-order chi connectivity index (χ1) is 8.08. The third kappa shape index (κ3) is 4.00. The summed E-state index contributed by atoms with van der Waals surface area (Å²) in [6.07, 6.45) is 2.84. The van der Waals surface area contributed by atoms with Crippen molar-refractivity contribution in [1.82, 2.24) is 5.32 Å². The first kappa shape index (κ1) is 14.0. The Bertz CT molecular complexity index is 272. The Balaban J connectivity index is 2.36. The van der Waals surface area contributed by atoms with E-state index in [-0.39, 0.29) is 36.4 Å². The fourth-order valence-electron chi connectivity index (χ4n) is 2.16. The quantitative estimate of drug-likeness (QED) is 0.703. The first-order valence-electron chi connectivity index (χ1n) is 6.07. The van der Waals surface area contributed by atoms with E-state index < -0.39 is 0 Å². The van der Waals surface area contributed by atoms with Gasteiger partial charge in [-0.05, 0) is 32.6 Å². The molecule has 5 heteroatoms. The molecule has 0 aromatic heterocycles. The standard InChI is InChI=1S/C12H21NO4/c1-8(7-14)13-11(15)9-3-5-10(6-4-9)12(16)17-2/h8-10,14H,3-7H2,1-2H3,(H,13,15). The van der Waals surface area contributed by atoms with Crippen LogP contribution < -0.4 is 5.32 Å². The number of hydrogen-bond donors (Lipinski definition) is 2. The number of aliphatic hydroxyl groups is 1. The smallest absolute Gasteiger partial charge is 0.308 e. The van der Waals surface area contributed by atoms with Gasteiger partial charge in [-0.15, -0.1) is 0 Å². The summed E-state index contributed by atoms with van der Waals surface area (Å²) >= 11 is 0. The van der Waals surface area contributed by atoms with E-state index in [1.54, 1.807) is 6.92 Å². The molecule has 0 radical (unpaired) electrons. The maximum absolute atomic E-state index is 11.8. The van der Waals surface area contributed by atoms with Crippen molar-refractivity contribution in [3.05, 3.63) is 0 Å². The van der Waals surface area contributed by atoms with Crippen LogP contribution in [-0.2, 0) is 14.3 Å². The minimum Gasteiger partial charge on any atom is -0.469 e. The monoisotopic (exact) mass is 243 g/mol. The van der Waals surface area contributed by atoms with Crippen LogP contribution >= 0.6 is 0 Å². The molecule has 1 amide bonds. The number of esters is 1. The second-order valence-corrected chi connectivity index (χ2v) is 4.66. The van der Waals surface area contributed by atoms with E-state index in [2.05, 4.69) is 5.32 Å². The molecule has 98 valence electrons. The summed E-state index contributed by atoms with van der Waals surface area (Å²) in [5.41, 5.74) is 0. The molecule has 2 N–H and O–H groups in total. The lowest BCUT2D eigenvalue weighted by Crippen LogP contribution is -2.40. The van der Waals surface area contributed by atoms with Gasteiger partial charge in [-0.1, -0.05) is 0 Å². The second-order valence-electron chi connectivity index (χ2n) is 4.66. The molecule has 0 aromatic rings. The van der Waals surface area contributed by atoms with Crippen molar-refractivity contribution < 1.29 is 19.4 Å². The highest BCUT2D eigenvalue weighted by Crippen LogP contribution is 2.29. The minimum atomic E-state index is -0.208. The zero-order valence-corrected chi connectivity index (χ0v) is 10.4. The normalized spacial score (nSPS) is 26.1. The lowest BCUT2D eigenvalue weighted by atomic mass is 9.81. The molecule has 1 aliphatic carbocycles. The van der Waals surface area contributed by atoms with Gasteiger partial charge in [-0.25, -0.2) is 0 Å². The molecule has 5 nitrogen and oxygen atoms in total. The number of ether oxygens (including phenoxy) is 1. The topological polar surface area (TPSA) is 75.6 Å². The van der Waals surface area contributed by atoms with E-state index in [1.807, 2.05) is 0 Å². The van der Waals surface area contributed by atoms with Gasteiger partial charge < -0.3 is 15.2 Å². The van der Waals surface area contributed by atoms with Crippen molar-refractivity contribution >= 4 is 11.9 Å². The summed E-state index contributed by atoms with van der Waals surface area (Å²) in [6.45, 7) is 1.71. The highest BCUT2D eigenvalue weighted by Gasteiger charge is 2.30. The highest BCUT2D eigenvalue weighted by molar-refractivity contribution is 5.79. The second kappa shape index (κ2) is 6.59. The fourth-order valence-corrected chi connectivity index (χ4v) is 2.16. The van der Waals surface area contributed by atoms with Gasteiger partial charge in [0, 0.05) is 12.0 Å². The molecule has 1 rings (SSSR count). The molecule has 1 atom stereocenters. The van der Waals surface area contributed by atoms with Crippen LogP contribution in [0.3, 0.4) is 0 Å². The van der Waals surface area contributed by atoms with E-state index in [4.69, 9.17) is 9.84 Å². The molecule has 17 heavy (non-hydrogen) atoms. The van der Waals surface area contributed by atoms with E-state index >= 15 is 0 Å². The van der Waals surface area contributed by atoms with Crippen LogP contribution in [0.15, 0.2) is 0 Å². The Morgan fingerprint density at radius 3 is 2.29 bits per heavy atom. The van der Waals surface area contributed by atoms with Gasteiger partial charge in [-0.2, -0.15) is 0 Å². The summed E-state index contributed by atoms with van der Waals surface area (Å²) in [5, 5.41) is 11.6. The average molecular weight is 243 g/mol. The SMILES string of the molecule is COC(=O)C1CCC(C(=O)NC(C)CO)CC1. The van der Waals surface area contributed by atoms with Gasteiger partial charge in [0.25, 0.3) is 0 Å². The average Bonchev–Trinajstić information content (AvgIpc) is 2.37. The van der Waals surface area contributed by atoms with Crippen molar-refractivity contribution in [3.8, 4) is 0 Å². The zero-order chi connectivity index (χ0) is 12.8.